The van der Waals surface area contributed by atoms with Gasteiger partial charge in [0.05, 0.1) is 0 Å². The van der Waals surface area contributed by atoms with Gasteiger partial charge >= 0.3 is 0 Å². The largest absolute Gasteiger partial charge is 0.356 e. The predicted octanol–water partition coefficient (Wildman–Crippen LogP) is 0.369. The quantitative estimate of drug-likeness (QED) is 0.729. The van der Waals surface area contributed by atoms with Gasteiger partial charge in [-0.05, 0) is 6.92 Å². The lowest BCUT2D eigenvalue weighted by atomic mass is 10.1. The monoisotopic (exact) mass is 231 g/mol. The van der Waals surface area contributed by atoms with Crippen LogP contribution in [-0.2, 0) is 0 Å². The first-order valence-corrected chi connectivity index (χ1v) is 5.13. The Morgan fingerprint density at radius 2 is 1.88 bits per heavy atom. The first-order chi connectivity index (χ1) is 8.13. The Bertz CT molecular complexity index is 588. The SMILES string of the molecule is CNc1nnc(-c2ccc(C)cc2)c(=O)n1N. The van der Waals surface area contributed by atoms with Gasteiger partial charge in [0.15, 0.2) is 5.69 Å². The summed E-state index contributed by atoms with van der Waals surface area (Å²) in [5.41, 5.74) is 1.68. The van der Waals surface area contributed by atoms with Crippen molar-refractivity contribution in [2.24, 2.45) is 0 Å². The third-order valence-electron chi connectivity index (χ3n) is 2.44. The van der Waals surface area contributed by atoms with Gasteiger partial charge in [0.1, 0.15) is 0 Å². The zero-order valence-corrected chi connectivity index (χ0v) is 9.64. The summed E-state index contributed by atoms with van der Waals surface area (Å²) in [5.74, 6) is 5.83. The van der Waals surface area contributed by atoms with Crippen LogP contribution in [-0.4, -0.2) is 21.9 Å². The van der Waals surface area contributed by atoms with Crippen LogP contribution in [0.5, 0.6) is 0 Å². The average Bonchev–Trinajstić information content (AvgIpc) is 2.34. The number of rotatable bonds is 2. The van der Waals surface area contributed by atoms with Gasteiger partial charge in [-0.2, -0.15) is 4.68 Å². The summed E-state index contributed by atoms with van der Waals surface area (Å²) in [7, 11) is 1.62. The zero-order chi connectivity index (χ0) is 12.4. The lowest BCUT2D eigenvalue weighted by molar-refractivity contribution is 0.838. The molecule has 0 atom stereocenters. The van der Waals surface area contributed by atoms with Gasteiger partial charge in [0.2, 0.25) is 5.95 Å². The maximum Gasteiger partial charge on any atom is 0.300 e. The number of nitrogens with one attached hydrogen (secondary N) is 1. The topological polar surface area (TPSA) is 85.8 Å². The van der Waals surface area contributed by atoms with E-state index in [-0.39, 0.29) is 17.2 Å². The molecule has 0 aliphatic carbocycles. The minimum Gasteiger partial charge on any atom is -0.356 e. The average molecular weight is 231 g/mol. The van der Waals surface area contributed by atoms with E-state index in [1.165, 1.54) is 0 Å². The molecule has 6 nitrogen and oxygen atoms in total. The van der Waals surface area contributed by atoms with Gasteiger partial charge < -0.3 is 11.2 Å². The van der Waals surface area contributed by atoms with E-state index in [2.05, 4.69) is 15.5 Å². The summed E-state index contributed by atoms with van der Waals surface area (Å²) in [6.45, 7) is 1.97. The lowest BCUT2D eigenvalue weighted by Gasteiger charge is -2.06. The van der Waals surface area contributed by atoms with Crippen LogP contribution in [0.1, 0.15) is 5.56 Å². The molecule has 0 radical (unpaired) electrons. The van der Waals surface area contributed by atoms with Crippen molar-refractivity contribution >= 4 is 5.95 Å². The Balaban J connectivity index is 2.57. The molecule has 0 aliphatic rings. The molecule has 2 rings (SSSR count). The van der Waals surface area contributed by atoms with E-state index < -0.39 is 0 Å². The third kappa shape index (κ3) is 1.96. The molecular weight excluding hydrogens is 218 g/mol. The third-order valence-corrected chi connectivity index (χ3v) is 2.44. The van der Waals surface area contributed by atoms with E-state index in [0.29, 0.717) is 5.56 Å². The molecule has 6 heteroatoms. The number of hydrogen-bond donors (Lipinski definition) is 2. The number of anilines is 1. The number of aryl methyl sites for hydroxylation is 1. The van der Waals surface area contributed by atoms with Crippen LogP contribution in [0.15, 0.2) is 29.1 Å². The summed E-state index contributed by atoms with van der Waals surface area (Å²) in [5, 5.41) is 10.4. The first-order valence-electron chi connectivity index (χ1n) is 5.13. The van der Waals surface area contributed by atoms with Crippen LogP contribution in [0.2, 0.25) is 0 Å². The highest BCUT2D eigenvalue weighted by Gasteiger charge is 2.10. The first kappa shape index (κ1) is 11.1. The van der Waals surface area contributed by atoms with Crippen LogP contribution in [0.3, 0.4) is 0 Å². The molecule has 0 amide bonds. The van der Waals surface area contributed by atoms with Crippen molar-refractivity contribution in [2.75, 3.05) is 18.2 Å². The van der Waals surface area contributed by atoms with Crippen molar-refractivity contribution in [1.82, 2.24) is 14.9 Å². The Labute approximate surface area is 98.1 Å². The fourth-order valence-corrected chi connectivity index (χ4v) is 1.46. The van der Waals surface area contributed by atoms with Crippen LogP contribution < -0.4 is 16.7 Å². The van der Waals surface area contributed by atoms with Crippen molar-refractivity contribution < 1.29 is 0 Å². The standard InChI is InChI=1S/C11H13N5O/c1-7-3-5-8(6-4-7)9-10(17)16(12)11(13-2)15-14-9/h3-6H,12H2,1-2H3,(H,13,15). The molecule has 1 aromatic heterocycles. The predicted molar refractivity (Wildman–Crippen MR) is 66.2 cm³/mol. The van der Waals surface area contributed by atoms with Gasteiger partial charge in [-0.25, -0.2) is 0 Å². The number of nitrogens with zero attached hydrogens (tertiary/aromatic N) is 3. The molecule has 17 heavy (non-hydrogen) atoms. The fourth-order valence-electron chi connectivity index (χ4n) is 1.46. The van der Waals surface area contributed by atoms with Gasteiger partial charge in [-0.15, -0.1) is 10.2 Å². The maximum atomic E-state index is 11.9. The summed E-state index contributed by atoms with van der Waals surface area (Å²) < 4.78 is 0.947. The van der Waals surface area contributed by atoms with Crippen molar-refractivity contribution in [1.29, 1.82) is 0 Å². The van der Waals surface area contributed by atoms with Crippen LogP contribution in [0.4, 0.5) is 5.95 Å². The summed E-state index contributed by atoms with van der Waals surface area (Å²) >= 11 is 0. The number of nitrogen functional groups attached to an aromatic ring is 1. The van der Waals surface area contributed by atoms with Crippen molar-refractivity contribution in [3.8, 4) is 11.3 Å². The van der Waals surface area contributed by atoms with E-state index in [0.717, 1.165) is 10.2 Å². The second-order valence-electron chi connectivity index (χ2n) is 3.66. The molecule has 1 aromatic carbocycles. The Kier molecular flexibility index (Phi) is 2.78. The zero-order valence-electron chi connectivity index (χ0n) is 9.64. The summed E-state index contributed by atoms with van der Waals surface area (Å²) in [6, 6.07) is 7.45. The normalized spacial score (nSPS) is 10.2. The minimum absolute atomic E-state index is 0.228. The highest BCUT2D eigenvalue weighted by molar-refractivity contribution is 5.58. The lowest BCUT2D eigenvalue weighted by Crippen LogP contribution is -2.32. The highest BCUT2D eigenvalue weighted by atomic mass is 16.1. The van der Waals surface area contributed by atoms with Gasteiger partial charge in [0.25, 0.3) is 5.56 Å². The molecule has 0 spiro atoms. The molecule has 3 N–H and O–H groups in total. The molecule has 0 saturated carbocycles. The number of aromatic nitrogens is 3. The highest BCUT2D eigenvalue weighted by Crippen LogP contribution is 2.13. The van der Waals surface area contributed by atoms with E-state index in [1.54, 1.807) is 7.05 Å². The van der Waals surface area contributed by atoms with Crippen molar-refractivity contribution in [3.05, 3.63) is 40.2 Å². The smallest absolute Gasteiger partial charge is 0.300 e. The molecule has 0 fully saturated rings. The van der Waals surface area contributed by atoms with Gasteiger partial charge in [-0.1, -0.05) is 29.8 Å². The molecule has 0 saturated heterocycles. The minimum atomic E-state index is -0.381. The molecule has 1 heterocycles. The summed E-state index contributed by atoms with van der Waals surface area (Å²) in [4.78, 5) is 11.9. The molecule has 2 aromatic rings. The van der Waals surface area contributed by atoms with Crippen LogP contribution in [0, 0.1) is 6.92 Å². The van der Waals surface area contributed by atoms with Crippen LogP contribution in [0.25, 0.3) is 11.3 Å². The van der Waals surface area contributed by atoms with Gasteiger partial charge in [-0.3, -0.25) is 4.79 Å². The van der Waals surface area contributed by atoms with Crippen molar-refractivity contribution in [3.63, 3.8) is 0 Å². The second-order valence-corrected chi connectivity index (χ2v) is 3.66. The molecule has 0 bridgehead atoms. The maximum absolute atomic E-state index is 11.9. The Hall–Kier alpha value is -2.37. The fraction of sp³-hybridized carbons (Fsp3) is 0.182. The number of benzene rings is 1. The summed E-state index contributed by atoms with van der Waals surface area (Å²) in [6.07, 6.45) is 0. The molecule has 0 unspecified atom stereocenters. The van der Waals surface area contributed by atoms with Crippen molar-refractivity contribution in [2.45, 2.75) is 6.92 Å². The van der Waals surface area contributed by atoms with E-state index in [1.807, 2.05) is 31.2 Å². The van der Waals surface area contributed by atoms with E-state index in [4.69, 9.17) is 5.84 Å². The van der Waals surface area contributed by atoms with Crippen LogP contribution >= 0.6 is 0 Å². The van der Waals surface area contributed by atoms with Gasteiger partial charge in [0, 0.05) is 12.6 Å². The van der Waals surface area contributed by atoms with E-state index in [9.17, 15) is 4.79 Å². The molecule has 88 valence electrons. The Morgan fingerprint density at radius 1 is 1.24 bits per heavy atom. The second kappa shape index (κ2) is 4.25. The number of nitrogens with two attached hydrogens (primary N) is 1. The number of hydrogen-bond acceptors (Lipinski definition) is 5. The Morgan fingerprint density at radius 3 is 2.47 bits per heavy atom. The van der Waals surface area contributed by atoms with E-state index >= 15 is 0 Å². The molecular formula is C11H13N5O. The molecule has 0 aliphatic heterocycles.